The zero-order valence-electron chi connectivity index (χ0n) is 17.0. The van der Waals surface area contributed by atoms with E-state index in [1.807, 2.05) is 36.0 Å². The molecular formula is C22H26N6O2. The highest BCUT2D eigenvalue weighted by Crippen LogP contribution is 2.30. The zero-order chi connectivity index (χ0) is 20.5. The van der Waals surface area contributed by atoms with Crippen LogP contribution < -0.4 is 20.3 Å². The van der Waals surface area contributed by atoms with Crippen LogP contribution in [0.3, 0.4) is 0 Å². The maximum absolute atomic E-state index is 11.6. The van der Waals surface area contributed by atoms with Crippen LogP contribution in [0.5, 0.6) is 5.75 Å². The molecular weight excluding hydrogens is 380 g/mol. The third kappa shape index (κ3) is 3.70. The van der Waals surface area contributed by atoms with Crippen molar-refractivity contribution in [2.45, 2.75) is 19.4 Å². The Balaban J connectivity index is 1.41. The molecule has 0 spiro atoms. The van der Waals surface area contributed by atoms with Crippen molar-refractivity contribution in [2.75, 3.05) is 37.6 Å². The van der Waals surface area contributed by atoms with Gasteiger partial charge in [-0.1, -0.05) is 0 Å². The van der Waals surface area contributed by atoms with Crippen molar-refractivity contribution >= 4 is 17.1 Å². The van der Waals surface area contributed by atoms with E-state index in [-0.39, 0.29) is 17.9 Å². The average Bonchev–Trinajstić information content (AvgIpc) is 3.43. The first-order valence-corrected chi connectivity index (χ1v) is 10.5. The number of piperazine rings is 1. The van der Waals surface area contributed by atoms with E-state index in [1.165, 1.54) is 0 Å². The highest BCUT2D eigenvalue weighted by atomic mass is 16.5. The predicted molar refractivity (Wildman–Crippen MR) is 115 cm³/mol. The van der Waals surface area contributed by atoms with Gasteiger partial charge in [0, 0.05) is 56.8 Å². The molecule has 30 heavy (non-hydrogen) atoms. The van der Waals surface area contributed by atoms with Crippen LogP contribution in [-0.2, 0) is 4.79 Å². The number of hydrogen-bond donors (Lipinski definition) is 2. The number of nitrogens with zero attached hydrogens (tertiary/aromatic N) is 4. The van der Waals surface area contributed by atoms with Crippen LogP contribution in [-0.4, -0.2) is 59.3 Å². The number of pyridine rings is 2. The van der Waals surface area contributed by atoms with E-state index in [1.54, 1.807) is 6.20 Å². The predicted octanol–water partition coefficient (Wildman–Crippen LogP) is 1.71. The first-order chi connectivity index (χ1) is 14.7. The Morgan fingerprint density at radius 2 is 2.10 bits per heavy atom. The summed E-state index contributed by atoms with van der Waals surface area (Å²) in [5.74, 6) is 1.01. The van der Waals surface area contributed by atoms with E-state index in [0.29, 0.717) is 13.0 Å². The molecule has 156 valence electrons. The van der Waals surface area contributed by atoms with Gasteiger partial charge in [0.15, 0.2) is 0 Å². The first kappa shape index (κ1) is 18.9. The molecule has 5 heterocycles. The largest absolute Gasteiger partial charge is 0.488 e. The molecule has 2 aliphatic rings. The van der Waals surface area contributed by atoms with Gasteiger partial charge in [0.2, 0.25) is 5.91 Å². The monoisotopic (exact) mass is 406 g/mol. The quantitative estimate of drug-likeness (QED) is 0.671. The number of nitrogens with one attached hydrogen (secondary N) is 2. The van der Waals surface area contributed by atoms with E-state index in [2.05, 4.69) is 32.8 Å². The van der Waals surface area contributed by atoms with Crippen molar-refractivity contribution in [2.24, 2.45) is 5.92 Å². The van der Waals surface area contributed by atoms with Crippen LogP contribution in [0.15, 0.2) is 42.9 Å². The second kappa shape index (κ2) is 7.95. The van der Waals surface area contributed by atoms with Gasteiger partial charge in [-0.25, -0.2) is 4.52 Å². The Morgan fingerprint density at radius 1 is 1.23 bits per heavy atom. The van der Waals surface area contributed by atoms with Gasteiger partial charge in [0.25, 0.3) is 0 Å². The summed E-state index contributed by atoms with van der Waals surface area (Å²) >= 11 is 0. The number of carbonyl (C=O) groups excluding carboxylic acids is 1. The van der Waals surface area contributed by atoms with Crippen LogP contribution in [0.25, 0.3) is 16.8 Å². The second-order valence-electron chi connectivity index (χ2n) is 7.98. The van der Waals surface area contributed by atoms with Gasteiger partial charge in [-0.05, 0) is 31.2 Å². The van der Waals surface area contributed by atoms with E-state index in [0.717, 1.165) is 54.4 Å². The number of carbonyl (C=O) groups is 1. The summed E-state index contributed by atoms with van der Waals surface area (Å²) in [4.78, 5) is 18.6. The number of hydrogen-bond acceptors (Lipinski definition) is 6. The summed E-state index contributed by atoms with van der Waals surface area (Å²) in [5, 5.41) is 10.7. The highest BCUT2D eigenvalue weighted by molar-refractivity contribution is 5.78. The van der Waals surface area contributed by atoms with Gasteiger partial charge in [0.05, 0.1) is 23.8 Å². The lowest BCUT2D eigenvalue weighted by Crippen LogP contribution is -2.43. The fourth-order valence-corrected chi connectivity index (χ4v) is 4.15. The molecule has 3 aromatic rings. The molecule has 0 bridgehead atoms. The fourth-order valence-electron chi connectivity index (χ4n) is 4.15. The minimum Gasteiger partial charge on any atom is -0.488 e. The molecule has 2 N–H and O–H groups in total. The number of aromatic nitrogens is 3. The smallest absolute Gasteiger partial charge is 0.220 e. The third-order valence-corrected chi connectivity index (χ3v) is 5.98. The summed E-state index contributed by atoms with van der Waals surface area (Å²) in [5.41, 5.74) is 3.87. The summed E-state index contributed by atoms with van der Waals surface area (Å²) in [6, 6.07) is 8.13. The maximum Gasteiger partial charge on any atom is 0.220 e. The first-order valence-electron chi connectivity index (χ1n) is 10.5. The van der Waals surface area contributed by atoms with Crippen molar-refractivity contribution < 1.29 is 9.53 Å². The van der Waals surface area contributed by atoms with Crippen LogP contribution in [0.2, 0.25) is 0 Å². The molecule has 2 saturated heterocycles. The van der Waals surface area contributed by atoms with Crippen LogP contribution in [0, 0.1) is 5.92 Å². The van der Waals surface area contributed by atoms with Crippen LogP contribution in [0.1, 0.15) is 13.3 Å². The highest BCUT2D eigenvalue weighted by Gasteiger charge is 2.28. The SMILES string of the molecule is C[C@@H](Oc1cc(-c2ccc(N3CCNCC3)cn2)cn2nccc12)C1CNC(=O)C1. The van der Waals surface area contributed by atoms with E-state index >= 15 is 0 Å². The molecule has 0 aliphatic carbocycles. The molecule has 2 atom stereocenters. The van der Waals surface area contributed by atoms with Crippen molar-refractivity contribution in [1.29, 1.82) is 0 Å². The lowest BCUT2D eigenvalue weighted by molar-refractivity contribution is -0.119. The maximum atomic E-state index is 11.6. The van der Waals surface area contributed by atoms with Gasteiger partial charge in [-0.2, -0.15) is 5.10 Å². The molecule has 1 amide bonds. The summed E-state index contributed by atoms with van der Waals surface area (Å²) in [7, 11) is 0. The Hall–Kier alpha value is -3.13. The minimum atomic E-state index is -0.0825. The van der Waals surface area contributed by atoms with E-state index < -0.39 is 0 Å². The van der Waals surface area contributed by atoms with Gasteiger partial charge in [-0.3, -0.25) is 9.78 Å². The van der Waals surface area contributed by atoms with E-state index in [9.17, 15) is 4.79 Å². The van der Waals surface area contributed by atoms with Crippen molar-refractivity contribution in [1.82, 2.24) is 25.2 Å². The Morgan fingerprint density at radius 3 is 2.83 bits per heavy atom. The summed E-state index contributed by atoms with van der Waals surface area (Å²) < 4.78 is 8.12. The van der Waals surface area contributed by atoms with Crippen LogP contribution in [0.4, 0.5) is 5.69 Å². The lowest BCUT2D eigenvalue weighted by atomic mass is 10.0. The van der Waals surface area contributed by atoms with Gasteiger partial charge < -0.3 is 20.3 Å². The van der Waals surface area contributed by atoms with Gasteiger partial charge in [-0.15, -0.1) is 0 Å². The molecule has 8 heteroatoms. The topological polar surface area (TPSA) is 83.8 Å². The Bertz CT molecular complexity index is 1040. The molecule has 5 rings (SSSR count). The van der Waals surface area contributed by atoms with Gasteiger partial charge in [0.1, 0.15) is 17.4 Å². The Labute approximate surface area is 175 Å². The number of amides is 1. The van der Waals surface area contributed by atoms with Gasteiger partial charge >= 0.3 is 0 Å². The second-order valence-corrected chi connectivity index (χ2v) is 7.98. The number of rotatable bonds is 5. The van der Waals surface area contributed by atoms with Crippen molar-refractivity contribution in [3.63, 3.8) is 0 Å². The minimum absolute atomic E-state index is 0.0825. The van der Waals surface area contributed by atoms with Crippen molar-refractivity contribution in [3.8, 4) is 17.0 Å². The summed E-state index contributed by atoms with van der Waals surface area (Å²) in [6.07, 6.45) is 6.10. The molecule has 2 aliphatic heterocycles. The molecule has 0 radical (unpaired) electrons. The molecule has 3 aromatic heterocycles. The normalized spacial score (nSPS) is 20.4. The average molecular weight is 406 g/mol. The van der Waals surface area contributed by atoms with Crippen LogP contribution >= 0.6 is 0 Å². The molecule has 8 nitrogen and oxygen atoms in total. The molecule has 2 fully saturated rings. The number of fused-ring (bicyclic) bond motifs is 1. The lowest BCUT2D eigenvalue weighted by Gasteiger charge is -2.29. The fraction of sp³-hybridized carbons (Fsp3) is 0.409. The molecule has 0 saturated carbocycles. The number of ether oxygens (including phenoxy) is 1. The number of anilines is 1. The summed E-state index contributed by atoms with van der Waals surface area (Å²) in [6.45, 7) is 6.66. The van der Waals surface area contributed by atoms with E-state index in [4.69, 9.17) is 9.72 Å². The zero-order valence-corrected chi connectivity index (χ0v) is 17.0. The molecule has 0 aromatic carbocycles. The Kier molecular flexibility index (Phi) is 5.00. The molecule has 1 unspecified atom stereocenters. The third-order valence-electron chi connectivity index (χ3n) is 5.98. The van der Waals surface area contributed by atoms with Crippen molar-refractivity contribution in [3.05, 3.63) is 42.9 Å². The standard InChI is InChI=1S/C22H26N6O2/c1-15(16-11-22(29)25-12-16)30-21-10-17(14-28-20(21)4-5-26-28)19-3-2-18(13-24-19)27-8-6-23-7-9-27/h2-5,10,13-16,23H,6-9,11-12H2,1H3,(H,25,29)/t15-,16?/m1/s1.